The first kappa shape index (κ1) is 20.6. The monoisotopic (exact) mass is 401 g/mol. The minimum atomic E-state index is -1.14. The molecule has 3 N–H and O–H groups in total. The highest BCUT2D eigenvalue weighted by Gasteiger charge is 2.67. The number of aliphatic hydroxyl groups excluding tert-OH is 1. The molecule has 8 atom stereocenters. The Kier molecular flexibility index (Phi) is 4.71. The lowest BCUT2D eigenvalue weighted by Gasteiger charge is -2.61. The van der Waals surface area contributed by atoms with Gasteiger partial charge in [-0.05, 0) is 67.8 Å². The van der Waals surface area contributed by atoms with Gasteiger partial charge in [0.1, 0.15) is 0 Å². The van der Waals surface area contributed by atoms with Gasteiger partial charge in [-0.1, -0.05) is 19.4 Å². The molecule has 0 aromatic heterocycles. The van der Waals surface area contributed by atoms with E-state index in [1.807, 2.05) is 6.92 Å². The molecule has 0 saturated heterocycles. The summed E-state index contributed by atoms with van der Waals surface area (Å²) in [6.45, 7) is 4.12. The second kappa shape index (κ2) is 6.65. The van der Waals surface area contributed by atoms with E-state index in [0.717, 1.165) is 12.0 Å². The molecule has 6 heteroatoms. The topological polar surface area (TPSA) is 119 Å². The van der Waals surface area contributed by atoms with Crippen LogP contribution in [0.25, 0.3) is 0 Å². The fourth-order valence-corrected chi connectivity index (χ4v) is 7.63. The van der Waals surface area contributed by atoms with Crippen molar-refractivity contribution in [3.8, 4) is 6.07 Å². The maximum absolute atomic E-state index is 12.0. The molecular formula is C23H31NO5. The Hall–Kier alpha value is -1.71. The molecule has 0 radical (unpaired) electrons. The average Bonchev–Trinajstić information content (AvgIpc) is 2.91. The van der Waals surface area contributed by atoms with E-state index in [1.54, 1.807) is 6.08 Å². The van der Waals surface area contributed by atoms with E-state index in [1.165, 1.54) is 0 Å². The van der Waals surface area contributed by atoms with Crippen molar-refractivity contribution in [3.05, 3.63) is 11.6 Å². The van der Waals surface area contributed by atoms with Crippen molar-refractivity contribution in [2.75, 3.05) is 0 Å². The SMILES string of the molecule is C[C@]12CCC(=O)C=C1C[C@@H](C#N)[C@@H]1[C@@H]2[C@H](O)C[C@@]2(C)[C@H]1CC[C@@]2(O)CCC(=O)O. The third-order valence-electron chi connectivity index (χ3n) is 9.20. The van der Waals surface area contributed by atoms with Crippen LogP contribution >= 0.6 is 0 Å². The van der Waals surface area contributed by atoms with Crippen LogP contribution < -0.4 is 0 Å². The number of carbonyl (C=O) groups excluding carboxylic acids is 1. The molecule has 29 heavy (non-hydrogen) atoms. The van der Waals surface area contributed by atoms with E-state index in [0.29, 0.717) is 32.1 Å². The smallest absolute Gasteiger partial charge is 0.303 e. The number of carboxylic acid groups (broad SMARTS) is 1. The first-order chi connectivity index (χ1) is 13.6. The number of carbonyl (C=O) groups is 2. The van der Waals surface area contributed by atoms with E-state index < -0.39 is 23.1 Å². The molecule has 0 aromatic rings. The zero-order valence-electron chi connectivity index (χ0n) is 17.2. The zero-order chi connectivity index (χ0) is 21.2. The van der Waals surface area contributed by atoms with Gasteiger partial charge in [-0.3, -0.25) is 9.59 Å². The molecule has 0 aromatic carbocycles. The number of hydrogen-bond acceptors (Lipinski definition) is 5. The molecule has 0 unspecified atom stereocenters. The Morgan fingerprint density at radius 3 is 2.72 bits per heavy atom. The molecular weight excluding hydrogens is 370 g/mol. The van der Waals surface area contributed by atoms with Crippen molar-refractivity contribution in [1.82, 2.24) is 0 Å². The van der Waals surface area contributed by atoms with Gasteiger partial charge in [0.15, 0.2) is 5.78 Å². The van der Waals surface area contributed by atoms with Gasteiger partial charge in [-0.15, -0.1) is 0 Å². The quantitative estimate of drug-likeness (QED) is 0.669. The number of rotatable bonds is 3. The van der Waals surface area contributed by atoms with Crippen LogP contribution in [0.4, 0.5) is 0 Å². The number of hydrogen-bond donors (Lipinski definition) is 3. The molecule has 4 aliphatic rings. The Morgan fingerprint density at radius 1 is 1.34 bits per heavy atom. The zero-order valence-corrected chi connectivity index (χ0v) is 17.2. The molecule has 3 fully saturated rings. The highest BCUT2D eigenvalue weighted by molar-refractivity contribution is 5.91. The summed E-state index contributed by atoms with van der Waals surface area (Å²) >= 11 is 0. The molecule has 4 rings (SSSR count). The molecule has 158 valence electrons. The third-order valence-corrected chi connectivity index (χ3v) is 9.20. The Morgan fingerprint density at radius 2 is 2.07 bits per heavy atom. The van der Waals surface area contributed by atoms with Crippen LogP contribution in [0.2, 0.25) is 0 Å². The number of nitrogens with zero attached hydrogens (tertiary/aromatic N) is 1. The predicted octanol–water partition coefficient (Wildman–Crippen LogP) is 2.83. The van der Waals surface area contributed by atoms with E-state index in [-0.39, 0.29) is 47.7 Å². The van der Waals surface area contributed by atoms with Crippen molar-refractivity contribution >= 4 is 11.8 Å². The fourth-order valence-electron chi connectivity index (χ4n) is 7.63. The van der Waals surface area contributed by atoms with Gasteiger partial charge in [0.2, 0.25) is 0 Å². The molecule has 6 nitrogen and oxygen atoms in total. The summed E-state index contributed by atoms with van der Waals surface area (Å²) in [7, 11) is 0. The summed E-state index contributed by atoms with van der Waals surface area (Å²) in [5.41, 5.74) is -1.04. The van der Waals surface area contributed by atoms with Gasteiger partial charge in [0.25, 0.3) is 0 Å². The van der Waals surface area contributed by atoms with E-state index in [4.69, 9.17) is 5.11 Å². The van der Waals surface area contributed by atoms with Crippen molar-refractivity contribution in [3.63, 3.8) is 0 Å². The van der Waals surface area contributed by atoms with Gasteiger partial charge in [-0.2, -0.15) is 5.26 Å². The Bertz CT molecular complexity index is 815. The van der Waals surface area contributed by atoms with E-state index in [9.17, 15) is 25.1 Å². The van der Waals surface area contributed by atoms with Crippen LogP contribution in [-0.2, 0) is 9.59 Å². The minimum absolute atomic E-state index is 0.0528. The third kappa shape index (κ3) is 2.81. The van der Waals surface area contributed by atoms with Crippen LogP contribution in [0.1, 0.15) is 65.2 Å². The number of allylic oxidation sites excluding steroid dienone is 1. The first-order valence-corrected chi connectivity index (χ1v) is 10.8. The molecule has 0 amide bonds. The summed E-state index contributed by atoms with van der Waals surface area (Å²) in [6, 6.07) is 2.46. The van der Waals surface area contributed by atoms with Crippen LogP contribution in [0.5, 0.6) is 0 Å². The molecule has 4 aliphatic carbocycles. The maximum Gasteiger partial charge on any atom is 0.303 e. The van der Waals surface area contributed by atoms with E-state index >= 15 is 0 Å². The minimum Gasteiger partial charge on any atom is -0.481 e. The van der Waals surface area contributed by atoms with Gasteiger partial charge in [0.05, 0.1) is 23.7 Å². The van der Waals surface area contributed by atoms with Crippen LogP contribution in [-0.4, -0.2) is 38.8 Å². The fraction of sp³-hybridized carbons (Fsp3) is 0.783. The van der Waals surface area contributed by atoms with Gasteiger partial charge in [-0.25, -0.2) is 0 Å². The van der Waals surface area contributed by atoms with Crippen LogP contribution in [0, 0.1) is 45.8 Å². The molecule has 0 spiro atoms. The highest BCUT2D eigenvalue weighted by Crippen LogP contribution is 2.69. The standard InChI is InChI=1S/C23H31NO5/c1-21-6-3-15(25)10-14(21)9-13(12-24)19-16-4-7-23(29,8-5-18(27)28)22(16,2)11-17(26)20(19)21/h10,13,16-17,19-20,26,29H,3-9,11H2,1-2H3,(H,27,28)/t13-,16-,17+,19-,20-,21-,22-,23+/m0/s1. The second-order valence-corrected chi connectivity index (χ2v) is 10.4. The molecule has 0 bridgehead atoms. The normalized spacial score (nSPS) is 48.7. The van der Waals surface area contributed by atoms with Crippen molar-refractivity contribution < 1.29 is 24.9 Å². The number of fused-ring (bicyclic) bond motifs is 5. The number of aliphatic hydroxyl groups is 2. The summed E-state index contributed by atoms with van der Waals surface area (Å²) < 4.78 is 0. The number of nitriles is 1. The average molecular weight is 402 g/mol. The second-order valence-electron chi connectivity index (χ2n) is 10.4. The van der Waals surface area contributed by atoms with E-state index in [2.05, 4.69) is 13.0 Å². The van der Waals surface area contributed by atoms with Crippen LogP contribution in [0.15, 0.2) is 11.6 Å². The van der Waals surface area contributed by atoms with Gasteiger partial charge >= 0.3 is 5.97 Å². The van der Waals surface area contributed by atoms with Crippen LogP contribution in [0.3, 0.4) is 0 Å². The lowest BCUT2D eigenvalue weighted by atomic mass is 9.43. The highest BCUT2D eigenvalue weighted by atomic mass is 16.4. The summed E-state index contributed by atoms with van der Waals surface area (Å²) in [5.74, 6) is -1.22. The Balaban J connectivity index is 1.75. The van der Waals surface area contributed by atoms with Gasteiger partial charge in [0, 0.05) is 18.3 Å². The summed E-state index contributed by atoms with van der Waals surface area (Å²) in [6.07, 6.45) is 4.47. The molecule has 0 aliphatic heterocycles. The summed E-state index contributed by atoms with van der Waals surface area (Å²) in [4.78, 5) is 23.2. The largest absolute Gasteiger partial charge is 0.481 e. The Labute approximate surface area is 171 Å². The lowest BCUT2D eigenvalue weighted by Crippen LogP contribution is -2.61. The number of aliphatic carboxylic acids is 1. The lowest BCUT2D eigenvalue weighted by molar-refractivity contribution is -0.181. The van der Waals surface area contributed by atoms with Crippen molar-refractivity contribution in [1.29, 1.82) is 5.26 Å². The first-order valence-electron chi connectivity index (χ1n) is 10.8. The van der Waals surface area contributed by atoms with Crippen molar-refractivity contribution in [2.24, 2.45) is 34.5 Å². The molecule has 3 saturated carbocycles. The molecule has 0 heterocycles. The van der Waals surface area contributed by atoms with Crippen molar-refractivity contribution in [2.45, 2.75) is 76.9 Å². The maximum atomic E-state index is 12.0. The van der Waals surface area contributed by atoms with Gasteiger partial charge < -0.3 is 15.3 Å². The summed E-state index contributed by atoms with van der Waals surface area (Å²) in [5, 5.41) is 42.0. The number of ketones is 1. The predicted molar refractivity (Wildman–Crippen MR) is 104 cm³/mol. The number of carboxylic acids is 1.